The number of para-hydroxylation sites is 1. The molecule has 0 spiro atoms. The third kappa shape index (κ3) is 5.17. The molecule has 0 fully saturated rings. The Bertz CT molecular complexity index is 1070. The number of ether oxygens (including phenoxy) is 2. The van der Waals surface area contributed by atoms with Crippen LogP contribution in [0.2, 0.25) is 5.02 Å². The molecule has 6 nitrogen and oxygen atoms in total. The van der Waals surface area contributed by atoms with E-state index in [0.29, 0.717) is 32.9 Å². The number of esters is 1. The fourth-order valence-electron chi connectivity index (χ4n) is 2.81. The number of benzene rings is 2. The highest BCUT2D eigenvalue weighted by atomic mass is 35.5. The lowest BCUT2D eigenvalue weighted by molar-refractivity contribution is -0.133. The number of nitrogens with zero attached hydrogens (tertiary/aromatic N) is 2. The molecular weight excluding hydrogens is 424 g/mol. The molecule has 156 valence electrons. The zero-order valence-electron chi connectivity index (χ0n) is 16.8. The topological polar surface area (TPSA) is 68.7 Å². The molecule has 1 amide bonds. The van der Waals surface area contributed by atoms with E-state index in [0.717, 1.165) is 11.1 Å². The fourth-order valence-corrected chi connectivity index (χ4v) is 3.96. The summed E-state index contributed by atoms with van der Waals surface area (Å²) in [5.74, 6) is -0.188. The maximum absolute atomic E-state index is 12.5. The minimum absolute atomic E-state index is 0.313. The molecule has 0 saturated heterocycles. The molecule has 0 aliphatic heterocycles. The molecule has 0 aliphatic rings. The summed E-state index contributed by atoms with van der Waals surface area (Å²) in [5, 5.41) is 1.26. The van der Waals surface area contributed by atoms with Gasteiger partial charge >= 0.3 is 5.97 Å². The van der Waals surface area contributed by atoms with Crippen LogP contribution < -0.4 is 4.74 Å². The average molecular weight is 445 g/mol. The van der Waals surface area contributed by atoms with Gasteiger partial charge in [0.05, 0.1) is 12.8 Å². The van der Waals surface area contributed by atoms with Gasteiger partial charge in [0.25, 0.3) is 5.91 Å². The van der Waals surface area contributed by atoms with Crippen molar-refractivity contribution in [3.8, 4) is 16.3 Å². The van der Waals surface area contributed by atoms with E-state index >= 15 is 0 Å². The van der Waals surface area contributed by atoms with Crippen LogP contribution in [0.3, 0.4) is 0 Å². The molecule has 1 heterocycles. The van der Waals surface area contributed by atoms with Crippen molar-refractivity contribution in [2.75, 3.05) is 20.8 Å². The Balaban J connectivity index is 1.62. The number of likely N-dealkylation sites (N-methyl/N-ethyl adjacent to an activating group) is 1. The summed E-state index contributed by atoms with van der Waals surface area (Å²) in [6, 6.07) is 14.7. The second-order valence-electron chi connectivity index (χ2n) is 6.58. The quantitative estimate of drug-likeness (QED) is 0.498. The molecule has 0 saturated carbocycles. The van der Waals surface area contributed by atoms with Crippen LogP contribution in [-0.4, -0.2) is 42.5 Å². The molecule has 0 radical (unpaired) electrons. The van der Waals surface area contributed by atoms with Crippen molar-refractivity contribution in [1.82, 2.24) is 9.88 Å². The van der Waals surface area contributed by atoms with E-state index in [9.17, 15) is 9.59 Å². The van der Waals surface area contributed by atoms with Gasteiger partial charge in [-0.15, -0.1) is 11.3 Å². The molecule has 30 heavy (non-hydrogen) atoms. The van der Waals surface area contributed by atoms with Gasteiger partial charge < -0.3 is 14.4 Å². The number of thiazole rings is 1. The van der Waals surface area contributed by atoms with Gasteiger partial charge in [-0.2, -0.15) is 0 Å². The Kier molecular flexibility index (Phi) is 7.07. The van der Waals surface area contributed by atoms with Gasteiger partial charge in [-0.3, -0.25) is 4.79 Å². The van der Waals surface area contributed by atoms with Gasteiger partial charge in [-0.25, -0.2) is 9.78 Å². The zero-order valence-corrected chi connectivity index (χ0v) is 18.4. The highest BCUT2D eigenvalue weighted by Crippen LogP contribution is 2.30. The van der Waals surface area contributed by atoms with Crippen LogP contribution in [0.5, 0.6) is 5.75 Å². The first kappa shape index (κ1) is 21.8. The van der Waals surface area contributed by atoms with Gasteiger partial charge in [0.2, 0.25) is 0 Å². The first-order valence-electron chi connectivity index (χ1n) is 9.15. The van der Waals surface area contributed by atoms with E-state index in [2.05, 4.69) is 4.98 Å². The maximum atomic E-state index is 12.5. The number of methoxy groups -OCH3 is 1. The molecule has 0 N–H and O–H groups in total. The molecule has 0 bridgehead atoms. The summed E-state index contributed by atoms with van der Waals surface area (Å²) < 4.78 is 10.5. The number of hydrogen-bond acceptors (Lipinski definition) is 6. The lowest BCUT2D eigenvalue weighted by Crippen LogP contribution is -2.31. The maximum Gasteiger partial charge on any atom is 0.350 e. The third-order valence-corrected chi connectivity index (χ3v) is 5.83. The van der Waals surface area contributed by atoms with E-state index < -0.39 is 5.97 Å². The Morgan fingerprint density at radius 2 is 1.93 bits per heavy atom. The van der Waals surface area contributed by atoms with Gasteiger partial charge in [0, 0.05) is 29.7 Å². The zero-order chi connectivity index (χ0) is 21.7. The molecular formula is C22H21ClN2O4S. The minimum atomic E-state index is -0.572. The number of carbonyl (C=O) groups excluding carboxylic acids is 2. The van der Waals surface area contributed by atoms with Crippen LogP contribution >= 0.6 is 22.9 Å². The Morgan fingerprint density at radius 1 is 1.17 bits per heavy atom. The van der Waals surface area contributed by atoms with Crippen molar-refractivity contribution < 1.29 is 19.1 Å². The lowest BCUT2D eigenvalue weighted by atomic mass is 10.2. The van der Waals surface area contributed by atoms with Crippen molar-refractivity contribution >= 4 is 34.8 Å². The van der Waals surface area contributed by atoms with Crippen LogP contribution in [-0.2, 0) is 16.1 Å². The van der Waals surface area contributed by atoms with Crippen molar-refractivity contribution in [3.05, 3.63) is 69.7 Å². The van der Waals surface area contributed by atoms with E-state index in [1.54, 1.807) is 33.2 Å². The summed E-state index contributed by atoms with van der Waals surface area (Å²) in [5.41, 5.74) is 2.24. The molecule has 3 rings (SSSR count). The summed E-state index contributed by atoms with van der Waals surface area (Å²) in [6.45, 7) is 1.73. The minimum Gasteiger partial charge on any atom is -0.496 e. The van der Waals surface area contributed by atoms with Crippen molar-refractivity contribution in [3.63, 3.8) is 0 Å². The average Bonchev–Trinajstić information content (AvgIpc) is 3.14. The third-order valence-electron chi connectivity index (χ3n) is 4.41. The summed E-state index contributed by atoms with van der Waals surface area (Å²) in [7, 11) is 3.23. The Hall–Kier alpha value is -2.90. The number of carbonyl (C=O) groups is 2. The van der Waals surface area contributed by atoms with Crippen molar-refractivity contribution in [2.45, 2.75) is 13.5 Å². The van der Waals surface area contributed by atoms with Crippen LogP contribution in [0.25, 0.3) is 10.6 Å². The van der Waals surface area contributed by atoms with E-state index in [-0.39, 0.29) is 12.5 Å². The number of rotatable bonds is 7. The Labute approximate surface area is 184 Å². The summed E-state index contributed by atoms with van der Waals surface area (Å²) in [4.78, 5) is 31.2. The van der Waals surface area contributed by atoms with Crippen LogP contribution in [0, 0.1) is 6.92 Å². The number of amides is 1. The Morgan fingerprint density at radius 3 is 2.67 bits per heavy atom. The first-order chi connectivity index (χ1) is 14.4. The predicted molar refractivity (Wildman–Crippen MR) is 117 cm³/mol. The van der Waals surface area contributed by atoms with Gasteiger partial charge in [-0.1, -0.05) is 41.9 Å². The highest BCUT2D eigenvalue weighted by molar-refractivity contribution is 7.17. The normalized spacial score (nSPS) is 10.5. The molecule has 0 atom stereocenters. The van der Waals surface area contributed by atoms with Crippen LogP contribution in [0.1, 0.15) is 20.9 Å². The number of aromatic nitrogens is 1. The molecule has 0 aliphatic carbocycles. The number of halogens is 1. The molecule has 3 aromatic rings. The predicted octanol–water partition coefficient (Wildman–Crippen LogP) is 4.60. The standard InChI is InChI=1S/C22H21ClN2O4S/c1-14-20(30-21(24-14)15-8-6-9-17(23)11-15)22(27)29-13-19(26)25(2)12-16-7-4-5-10-18(16)28-3/h4-11H,12-13H2,1-3H3. The van der Waals surface area contributed by atoms with E-state index in [4.69, 9.17) is 21.1 Å². The van der Waals surface area contributed by atoms with Gasteiger partial charge in [0.1, 0.15) is 15.6 Å². The van der Waals surface area contributed by atoms with E-state index in [1.165, 1.54) is 16.2 Å². The fraction of sp³-hybridized carbons (Fsp3) is 0.227. The lowest BCUT2D eigenvalue weighted by Gasteiger charge is -2.18. The first-order valence-corrected chi connectivity index (χ1v) is 10.3. The van der Waals surface area contributed by atoms with Crippen LogP contribution in [0.15, 0.2) is 48.5 Å². The summed E-state index contributed by atoms with van der Waals surface area (Å²) in [6.07, 6.45) is 0. The highest BCUT2D eigenvalue weighted by Gasteiger charge is 2.20. The van der Waals surface area contributed by atoms with Gasteiger partial charge in [0.15, 0.2) is 6.61 Å². The van der Waals surface area contributed by atoms with Crippen molar-refractivity contribution in [1.29, 1.82) is 0 Å². The summed E-state index contributed by atoms with van der Waals surface area (Å²) >= 11 is 7.24. The molecule has 0 unspecified atom stereocenters. The van der Waals surface area contributed by atoms with Gasteiger partial charge in [-0.05, 0) is 25.1 Å². The number of hydrogen-bond donors (Lipinski definition) is 0. The largest absolute Gasteiger partial charge is 0.496 e. The SMILES string of the molecule is COc1ccccc1CN(C)C(=O)COC(=O)c1sc(-c2cccc(Cl)c2)nc1C. The molecule has 8 heteroatoms. The van der Waals surface area contributed by atoms with E-state index in [1.807, 2.05) is 36.4 Å². The second-order valence-corrected chi connectivity index (χ2v) is 8.02. The van der Waals surface area contributed by atoms with Crippen LogP contribution in [0.4, 0.5) is 0 Å². The monoisotopic (exact) mass is 444 g/mol. The smallest absolute Gasteiger partial charge is 0.350 e. The second kappa shape index (κ2) is 9.73. The van der Waals surface area contributed by atoms with Crippen molar-refractivity contribution in [2.24, 2.45) is 0 Å². The molecule has 2 aromatic carbocycles. The molecule has 1 aromatic heterocycles. The number of aryl methyl sites for hydroxylation is 1.